The van der Waals surface area contributed by atoms with Gasteiger partial charge >= 0.3 is 12.3 Å². The number of hydrogen-bond acceptors (Lipinski definition) is 7. The van der Waals surface area contributed by atoms with Gasteiger partial charge in [-0.1, -0.05) is 26.8 Å². The molecule has 2 heterocycles. The first-order chi connectivity index (χ1) is 16.7. The molecule has 3 rings (SSSR count). The fourth-order valence-electron chi connectivity index (χ4n) is 3.71. The average Bonchev–Trinajstić information content (AvgIpc) is 2.76. The van der Waals surface area contributed by atoms with Gasteiger partial charge in [-0.25, -0.2) is 19.2 Å². The molecule has 1 unspecified atom stereocenters. The van der Waals surface area contributed by atoms with Crippen molar-refractivity contribution in [3.05, 3.63) is 42.0 Å². The maximum atomic E-state index is 15.3. The average molecular weight is 513 g/mol. The van der Waals surface area contributed by atoms with E-state index in [4.69, 9.17) is 15.2 Å². The predicted molar refractivity (Wildman–Crippen MR) is 122 cm³/mol. The lowest BCUT2D eigenvalue weighted by Crippen LogP contribution is -2.51. The van der Waals surface area contributed by atoms with E-state index in [0.29, 0.717) is 18.8 Å². The van der Waals surface area contributed by atoms with Gasteiger partial charge in [-0.3, -0.25) is 4.79 Å². The van der Waals surface area contributed by atoms with E-state index in [9.17, 15) is 22.8 Å². The van der Waals surface area contributed by atoms with Gasteiger partial charge in [0.25, 0.3) is 0 Å². The van der Waals surface area contributed by atoms with Crippen molar-refractivity contribution < 1.29 is 36.6 Å². The van der Waals surface area contributed by atoms with Crippen molar-refractivity contribution in [3.8, 4) is 5.75 Å². The van der Waals surface area contributed by atoms with Gasteiger partial charge in [0, 0.05) is 25.5 Å². The molecule has 0 spiro atoms. The van der Waals surface area contributed by atoms with Crippen molar-refractivity contribution in [2.45, 2.75) is 39.5 Å². The Morgan fingerprint density at radius 3 is 2.39 bits per heavy atom. The summed E-state index contributed by atoms with van der Waals surface area (Å²) in [4.78, 5) is 34.0. The lowest BCUT2D eigenvalue weighted by atomic mass is 9.89. The van der Waals surface area contributed by atoms with Crippen LogP contribution in [-0.4, -0.2) is 54.3 Å². The highest BCUT2D eigenvalue weighted by Gasteiger charge is 2.33. The number of alkyl halides is 3. The summed E-state index contributed by atoms with van der Waals surface area (Å²) in [5.74, 6) is -1.45. The maximum Gasteiger partial charge on any atom is 0.419 e. The SMILES string of the molecule is CC(C)(C)CC(COc1cccc(N2CCN(c3ncc(C(F)(F)F)cn3)CC2=O)c1F)OC(N)=O. The third kappa shape index (κ3) is 6.95. The highest BCUT2D eigenvalue weighted by Crippen LogP contribution is 2.31. The minimum absolute atomic E-state index is 0.0197. The van der Waals surface area contributed by atoms with Crippen molar-refractivity contribution in [2.24, 2.45) is 11.1 Å². The molecule has 1 aliphatic rings. The number of rotatable bonds is 7. The summed E-state index contributed by atoms with van der Waals surface area (Å²) in [5.41, 5.74) is 3.90. The zero-order chi connectivity index (χ0) is 26.7. The number of piperazine rings is 1. The zero-order valence-electron chi connectivity index (χ0n) is 20.0. The summed E-state index contributed by atoms with van der Waals surface area (Å²) in [6, 6.07) is 4.31. The molecule has 1 aromatic carbocycles. The lowest BCUT2D eigenvalue weighted by molar-refractivity contribution is -0.138. The molecule has 1 aliphatic heterocycles. The van der Waals surface area contributed by atoms with Crippen LogP contribution >= 0.6 is 0 Å². The van der Waals surface area contributed by atoms with Crippen LogP contribution in [0.25, 0.3) is 0 Å². The number of nitrogens with two attached hydrogens (primary N) is 1. The topological polar surface area (TPSA) is 111 Å². The molecular weight excluding hydrogens is 486 g/mol. The third-order valence-electron chi connectivity index (χ3n) is 5.25. The van der Waals surface area contributed by atoms with Gasteiger partial charge in [0.05, 0.1) is 11.3 Å². The summed E-state index contributed by atoms with van der Waals surface area (Å²) in [7, 11) is 0. The van der Waals surface area contributed by atoms with Gasteiger partial charge < -0.3 is 25.0 Å². The monoisotopic (exact) mass is 513 g/mol. The van der Waals surface area contributed by atoms with Gasteiger partial charge in [0.2, 0.25) is 11.9 Å². The number of halogens is 4. The molecule has 0 bridgehead atoms. The number of anilines is 2. The smallest absolute Gasteiger partial charge is 0.419 e. The highest BCUT2D eigenvalue weighted by atomic mass is 19.4. The zero-order valence-corrected chi connectivity index (χ0v) is 20.0. The number of ether oxygens (including phenoxy) is 2. The Bertz CT molecular complexity index is 1090. The largest absolute Gasteiger partial charge is 0.487 e. The molecule has 36 heavy (non-hydrogen) atoms. The molecule has 2 aromatic rings. The van der Waals surface area contributed by atoms with Crippen molar-refractivity contribution in [3.63, 3.8) is 0 Å². The Labute approximate surface area is 205 Å². The molecule has 2 N–H and O–H groups in total. The van der Waals surface area contributed by atoms with E-state index in [0.717, 1.165) is 0 Å². The second-order valence-corrected chi connectivity index (χ2v) is 9.46. The number of nitrogens with zero attached hydrogens (tertiary/aromatic N) is 4. The Morgan fingerprint density at radius 2 is 1.83 bits per heavy atom. The van der Waals surface area contributed by atoms with Crippen LogP contribution in [0.15, 0.2) is 30.6 Å². The molecule has 196 valence electrons. The third-order valence-corrected chi connectivity index (χ3v) is 5.25. The molecule has 0 radical (unpaired) electrons. The molecule has 0 saturated carbocycles. The maximum absolute atomic E-state index is 15.3. The van der Waals surface area contributed by atoms with Gasteiger partial charge in [-0.15, -0.1) is 0 Å². The van der Waals surface area contributed by atoms with Gasteiger partial charge in [-0.05, 0) is 24.0 Å². The molecule has 0 aliphatic carbocycles. The standard InChI is InChI=1S/C23H27F4N5O4/c1-22(2,3)9-15(36-20(28)34)13-35-17-6-4-5-16(19(17)24)32-8-7-31(12-18(32)33)21-29-10-14(11-30-21)23(25,26)27/h4-6,10-11,15H,7-9,12-13H2,1-3H3,(H2,28,34). The number of aromatic nitrogens is 2. The van der Waals surface area contributed by atoms with E-state index in [-0.39, 0.29) is 49.0 Å². The fourth-order valence-corrected chi connectivity index (χ4v) is 3.71. The molecule has 9 nitrogen and oxygen atoms in total. The van der Waals surface area contributed by atoms with Crippen LogP contribution < -0.4 is 20.3 Å². The molecule has 1 atom stereocenters. The normalized spacial score (nSPS) is 15.6. The fraction of sp³-hybridized carbons (Fsp3) is 0.478. The van der Waals surface area contributed by atoms with Gasteiger partial charge in [-0.2, -0.15) is 13.2 Å². The van der Waals surface area contributed by atoms with E-state index < -0.39 is 35.7 Å². The summed E-state index contributed by atoms with van der Waals surface area (Å²) in [5, 5.41) is 0. The van der Waals surface area contributed by atoms with Crippen LogP contribution in [0.1, 0.15) is 32.8 Å². The number of benzene rings is 1. The summed E-state index contributed by atoms with van der Waals surface area (Å²) in [6.45, 7) is 5.62. The van der Waals surface area contributed by atoms with Crippen LogP contribution in [0.4, 0.5) is 34.0 Å². The van der Waals surface area contributed by atoms with Crippen LogP contribution in [-0.2, 0) is 15.7 Å². The Kier molecular flexibility index (Phi) is 7.89. The number of amides is 2. The second kappa shape index (κ2) is 10.5. The number of carbonyl (C=O) groups excluding carboxylic acids is 2. The van der Waals surface area contributed by atoms with E-state index >= 15 is 4.39 Å². The Balaban J connectivity index is 1.69. The predicted octanol–water partition coefficient (Wildman–Crippen LogP) is 3.77. The molecule has 2 amide bonds. The van der Waals surface area contributed by atoms with Crippen LogP contribution in [0.2, 0.25) is 0 Å². The lowest BCUT2D eigenvalue weighted by Gasteiger charge is -2.34. The van der Waals surface area contributed by atoms with Gasteiger partial charge in [0.15, 0.2) is 11.6 Å². The summed E-state index contributed by atoms with van der Waals surface area (Å²) >= 11 is 0. The van der Waals surface area contributed by atoms with Crippen molar-refractivity contribution in [1.29, 1.82) is 0 Å². The Hall–Kier alpha value is -3.64. The van der Waals surface area contributed by atoms with E-state index in [1.165, 1.54) is 28.0 Å². The minimum Gasteiger partial charge on any atom is -0.487 e. The minimum atomic E-state index is -4.57. The van der Waals surface area contributed by atoms with Crippen molar-refractivity contribution >= 4 is 23.6 Å². The number of carbonyl (C=O) groups is 2. The van der Waals surface area contributed by atoms with Crippen molar-refractivity contribution in [2.75, 3.05) is 36.0 Å². The molecule has 1 saturated heterocycles. The second-order valence-electron chi connectivity index (χ2n) is 9.46. The summed E-state index contributed by atoms with van der Waals surface area (Å²) < 4.78 is 64.1. The Morgan fingerprint density at radius 1 is 1.17 bits per heavy atom. The van der Waals surface area contributed by atoms with Crippen LogP contribution in [0.5, 0.6) is 5.75 Å². The van der Waals surface area contributed by atoms with E-state index in [1.807, 2.05) is 20.8 Å². The molecular formula is C23H27F4N5O4. The molecule has 13 heteroatoms. The molecule has 1 aromatic heterocycles. The first-order valence-electron chi connectivity index (χ1n) is 11.1. The first kappa shape index (κ1) is 27.0. The summed E-state index contributed by atoms with van der Waals surface area (Å²) in [6.07, 6.45) is -4.54. The van der Waals surface area contributed by atoms with Crippen molar-refractivity contribution in [1.82, 2.24) is 9.97 Å². The number of primary amides is 1. The van der Waals surface area contributed by atoms with Crippen LogP contribution in [0.3, 0.4) is 0 Å². The highest BCUT2D eigenvalue weighted by molar-refractivity contribution is 5.97. The quantitative estimate of drug-likeness (QED) is 0.561. The van der Waals surface area contributed by atoms with Crippen LogP contribution in [0, 0.1) is 11.2 Å². The number of hydrogen-bond donors (Lipinski definition) is 1. The first-order valence-corrected chi connectivity index (χ1v) is 11.1. The van der Waals surface area contributed by atoms with E-state index in [2.05, 4.69) is 9.97 Å². The van der Waals surface area contributed by atoms with Gasteiger partial charge in [0.1, 0.15) is 19.3 Å². The molecule has 1 fully saturated rings. The van der Waals surface area contributed by atoms with E-state index in [1.54, 1.807) is 0 Å².